The van der Waals surface area contributed by atoms with Crippen LogP contribution in [-0.4, -0.2) is 68.1 Å². The van der Waals surface area contributed by atoms with E-state index in [2.05, 4.69) is 5.32 Å². The summed E-state index contributed by atoms with van der Waals surface area (Å²) in [5.74, 6) is 0.0467. The number of nitrogens with one attached hydrogen (secondary N) is 1. The summed E-state index contributed by atoms with van der Waals surface area (Å²) in [7, 11) is -2.93. The van der Waals surface area contributed by atoms with E-state index >= 15 is 0 Å². The van der Waals surface area contributed by atoms with E-state index < -0.39 is 9.84 Å². The van der Waals surface area contributed by atoms with Crippen LogP contribution in [0.1, 0.15) is 6.92 Å². The highest BCUT2D eigenvalue weighted by molar-refractivity contribution is 7.91. The number of sulfone groups is 1. The Morgan fingerprint density at radius 2 is 2.25 bits per heavy atom. The van der Waals surface area contributed by atoms with Gasteiger partial charge in [-0.2, -0.15) is 0 Å². The molecule has 0 saturated carbocycles. The zero-order valence-electron chi connectivity index (χ0n) is 9.35. The minimum absolute atomic E-state index is 0.0876. The molecule has 0 bridgehead atoms. The third-order valence-corrected chi connectivity index (χ3v) is 4.38. The van der Waals surface area contributed by atoms with Gasteiger partial charge in [-0.25, -0.2) is 8.42 Å². The summed E-state index contributed by atoms with van der Waals surface area (Å²) in [5, 5.41) is 11.1. The second-order valence-corrected chi connectivity index (χ2v) is 6.24. The minimum Gasteiger partial charge on any atom is -0.395 e. The second kappa shape index (κ2) is 5.60. The molecule has 1 amide bonds. The van der Waals surface area contributed by atoms with Gasteiger partial charge >= 0.3 is 0 Å². The lowest BCUT2D eigenvalue weighted by molar-refractivity contribution is -0.122. The summed E-state index contributed by atoms with van der Waals surface area (Å²) in [4.78, 5) is 13.2. The molecule has 1 aliphatic heterocycles. The number of carbonyl (C=O) groups excluding carboxylic acids is 1. The first-order valence-corrected chi connectivity index (χ1v) is 7.09. The molecule has 1 atom stereocenters. The van der Waals surface area contributed by atoms with Gasteiger partial charge in [0.05, 0.1) is 24.7 Å². The summed E-state index contributed by atoms with van der Waals surface area (Å²) < 4.78 is 22.6. The van der Waals surface area contributed by atoms with Crippen LogP contribution in [0.15, 0.2) is 0 Å². The second-order valence-electron chi connectivity index (χ2n) is 4.01. The molecule has 94 valence electrons. The zero-order valence-corrected chi connectivity index (χ0v) is 10.2. The SMILES string of the molecule is CC1CS(=O)(=O)CCN1CC(=O)NCCO. The smallest absolute Gasteiger partial charge is 0.234 e. The van der Waals surface area contributed by atoms with E-state index in [-0.39, 0.29) is 43.2 Å². The van der Waals surface area contributed by atoms with Gasteiger partial charge < -0.3 is 10.4 Å². The molecule has 0 aromatic rings. The van der Waals surface area contributed by atoms with Crippen molar-refractivity contribution in [1.82, 2.24) is 10.2 Å². The highest BCUT2D eigenvalue weighted by Crippen LogP contribution is 2.10. The molecule has 0 radical (unpaired) electrons. The average molecular weight is 250 g/mol. The van der Waals surface area contributed by atoms with Crippen LogP contribution in [0.3, 0.4) is 0 Å². The quantitative estimate of drug-likeness (QED) is 0.615. The van der Waals surface area contributed by atoms with E-state index in [1.165, 1.54) is 0 Å². The van der Waals surface area contributed by atoms with Crippen LogP contribution in [0, 0.1) is 0 Å². The first-order chi connectivity index (χ1) is 7.44. The van der Waals surface area contributed by atoms with Crippen molar-refractivity contribution in [2.75, 3.05) is 37.7 Å². The first-order valence-electron chi connectivity index (χ1n) is 5.26. The molecule has 0 spiro atoms. The molecule has 0 aliphatic carbocycles. The molecule has 7 heteroatoms. The monoisotopic (exact) mass is 250 g/mol. The molecular formula is C9H18N2O4S. The molecule has 2 N–H and O–H groups in total. The van der Waals surface area contributed by atoms with Crippen LogP contribution in [0.5, 0.6) is 0 Å². The van der Waals surface area contributed by atoms with Crippen molar-refractivity contribution in [3.05, 3.63) is 0 Å². The maximum Gasteiger partial charge on any atom is 0.234 e. The molecule has 1 saturated heterocycles. The highest BCUT2D eigenvalue weighted by atomic mass is 32.2. The van der Waals surface area contributed by atoms with Gasteiger partial charge in [0.15, 0.2) is 9.84 Å². The predicted octanol–water partition coefficient (Wildman–Crippen LogP) is -1.79. The van der Waals surface area contributed by atoms with E-state index in [9.17, 15) is 13.2 Å². The van der Waals surface area contributed by atoms with Gasteiger partial charge in [-0.1, -0.05) is 0 Å². The summed E-state index contributed by atoms with van der Waals surface area (Å²) in [5.41, 5.74) is 0. The Hall–Kier alpha value is -0.660. The van der Waals surface area contributed by atoms with E-state index in [0.29, 0.717) is 6.54 Å². The van der Waals surface area contributed by atoms with Crippen molar-refractivity contribution in [1.29, 1.82) is 0 Å². The predicted molar refractivity (Wildman–Crippen MR) is 59.8 cm³/mol. The Morgan fingerprint density at radius 3 is 2.81 bits per heavy atom. The van der Waals surface area contributed by atoms with Crippen LogP contribution in [-0.2, 0) is 14.6 Å². The lowest BCUT2D eigenvalue weighted by Crippen LogP contribution is -2.50. The average Bonchev–Trinajstić information content (AvgIpc) is 2.18. The molecule has 0 aromatic heterocycles. The van der Waals surface area contributed by atoms with Crippen molar-refractivity contribution in [3.8, 4) is 0 Å². The Labute approximate surface area is 95.5 Å². The fourth-order valence-electron chi connectivity index (χ4n) is 1.70. The largest absolute Gasteiger partial charge is 0.395 e. The number of nitrogens with zero attached hydrogens (tertiary/aromatic N) is 1. The summed E-state index contributed by atoms with van der Waals surface area (Å²) in [6.07, 6.45) is 0. The summed E-state index contributed by atoms with van der Waals surface area (Å²) in [6, 6.07) is -0.126. The van der Waals surface area contributed by atoms with E-state index in [1.54, 1.807) is 6.92 Å². The van der Waals surface area contributed by atoms with Gasteiger partial charge in [0.2, 0.25) is 5.91 Å². The number of aliphatic hydroxyl groups excluding tert-OH is 1. The molecule has 1 unspecified atom stereocenters. The van der Waals surface area contributed by atoms with Gasteiger partial charge in [-0.15, -0.1) is 0 Å². The normalized spacial score (nSPS) is 25.2. The van der Waals surface area contributed by atoms with E-state index in [1.807, 2.05) is 4.90 Å². The Morgan fingerprint density at radius 1 is 1.56 bits per heavy atom. The third-order valence-electron chi connectivity index (χ3n) is 2.59. The molecule has 1 rings (SSSR count). The molecular weight excluding hydrogens is 232 g/mol. The van der Waals surface area contributed by atoms with Gasteiger partial charge in [0.25, 0.3) is 0 Å². The molecule has 16 heavy (non-hydrogen) atoms. The van der Waals surface area contributed by atoms with Crippen molar-refractivity contribution in [2.24, 2.45) is 0 Å². The van der Waals surface area contributed by atoms with Gasteiger partial charge in [0.1, 0.15) is 0 Å². The number of amides is 1. The summed E-state index contributed by atoms with van der Waals surface area (Å²) in [6.45, 7) is 2.54. The van der Waals surface area contributed by atoms with Crippen molar-refractivity contribution >= 4 is 15.7 Å². The van der Waals surface area contributed by atoms with Crippen LogP contribution in [0.2, 0.25) is 0 Å². The Bertz CT molecular complexity index is 341. The number of aliphatic hydroxyl groups is 1. The van der Waals surface area contributed by atoms with Crippen molar-refractivity contribution in [3.63, 3.8) is 0 Å². The summed E-state index contributed by atoms with van der Waals surface area (Å²) >= 11 is 0. The van der Waals surface area contributed by atoms with Gasteiger partial charge in [0, 0.05) is 19.1 Å². The number of hydrogen-bond acceptors (Lipinski definition) is 5. The Kier molecular flexibility index (Phi) is 4.69. The number of hydrogen-bond donors (Lipinski definition) is 2. The molecule has 1 fully saturated rings. The fourth-order valence-corrected chi connectivity index (χ4v) is 3.33. The van der Waals surface area contributed by atoms with Crippen LogP contribution >= 0.6 is 0 Å². The van der Waals surface area contributed by atoms with Crippen molar-refractivity contribution < 1.29 is 18.3 Å². The number of carbonyl (C=O) groups is 1. The Balaban J connectivity index is 2.41. The lowest BCUT2D eigenvalue weighted by atomic mass is 10.3. The fraction of sp³-hybridized carbons (Fsp3) is 0.889. The first kappa shape index (κ1) is 13.4. The highest BCUT2D eigenvalue weighted by Gasteiger charge is 2.28. The number of rotatable bonds is 4. The molecule has 1 aliphatic rings. The minimum atomic E-state index is -2.93. The maximum atomic E-state index is 11.4. The van der Waals surface area contributed by atoms with E-state index in [4.69, 9.17) is 5.11 Å². The molecule has 6 nitrogen and oxygen atoms in total. The standard InChI is InChI=1S/C9H18N2O4S/c1-8-7-16(14,15)5-3-11(8)6-9(13)10-2-4-12/h8,12H,2-7H2,1H3,(H,10,13). The van der Waals surface area contributed by atoms with Crippen LogP contribution in [0.25, 0.3) is 0 Å². The maximum absolute atomic E-state index is 11.4. The zero-order chi connectivity index (χ0) is 12.2. The van der Waals surface area contributed by atoms with E-state index in [0.717, 1.165) is 0 Å². The van der Waals surface area contributed by atoms with Crippen molar-refractivity contribution in [2.45, 2.75) is 13.0 Å². The molecule has 1 heterocycles. The van der Waals surface area contributed by atoms with Gasteiger partial charge in [-0.05, 0) is 6.92 Å². The lowest BCUT2D eigenvalue weighted by Gasteiger charge is -2.32. The topological polar surface area (TPSA) is 86.7 Å². The third kappa shape index (κ3) is 4.07. The van der Waals surface area contributed by atoms with Gasteiger partial charge in [-0.3, -0.25) is 9.69 Å². The van der Waals surface area contributed by atoms with Crippen LogP contribution in [0.4, 0.5) is 0 Å². The van der Waals surface area contributed by atoms with Crippen LogP contribution < -0.4 is 5.32 Å². The molecule has 0 aromatic carbocycles.